The minimum Gasteiger partial charge on any atom is -0.346 e. The number of nitrogens with one attached hydrogen (secondary N) is 1. The average Bonchev–Trinajstić information content (AvgIpc) is 2.89. The van der Waals surface area contributed by atoms with Gasteiger partial charge in [0.15, 0.2) is 0 Å². The molecule has 0 spiro atoms. The highest BCUT2D eigenvalue weighted by Gasteiger charge is 2.35. The maximum atomic E-state index is 12.4. The Balaban J connectivity index is 1.54. The van der Waals surface area contributed by atoms with E-state index in [9.17, 15) is 4.79 Å². The van der Waals surface area contributed by atoms with Gasteiger partial charge in [0.1, 0.15) is 5.69 Å². The van der Waals surface area contributed by atoms with Crippen LogP contribution in [0.25, 0.3) is 5.52 Å². The molecule has 6 heteroatoms. The minimum atomic E-state index is -0.0729. The lowest BCUT2D eigenvalue weighted by Crippen LogP contribution is -2.57. The zero-order valence-corrected chi connectivity index (χ0v) is 13.2. The van der Waals surface area contributed by atoms with Gasteiger partial charge in [0, 0.05) is 18.8 Å². The van der Waals surface area contributed by atoms with E-state index in [4.69, 9.17) is 0 Å². The zero-order valence-electron chi connectivity index (χ0n) is 11.6. The minimum absolute atomic E-state index is 0.0729. The van der Waals surface area contributed by atoms with Crippen LogP contribution >= 0.6 is 15.9 Å². The van der Waals surface area contributed by atoms with Gasteiger partial charge < -0.3 is 14.6 Å². The molecule has 3 aliphatic rings. The molecule has 1 amide bonds. The van der Waals surface area contributed by atoms with E-state index >= 15 is 0 Å². The summed E-state index contributed by atoms with van der Waals surface area (Å²) in [5.74, 6) is 0.553. The number of piperidine rings is 3. The van der Waals surface area contributed by atoms with Crippen LogP contribution in [-0.4, -0.2) is 45.9 Å². The van der Waals surface area contributed by atoms with Gasteiger partial charge in [-0.25, -0.2) is 4.98 Å². The van der Waals surface area contributed by atoms with Gasteiger partial charge in [0.05, 0.1) is 16.3 Å². The quantitative estimate of drug-likeness (QED) is 0.901. The Morgan fingerprint density at radius 3 is 2.86 bits per heavy atom. The van der Waals surface area contributed by atoms with Crippen LogP contribution in [0.15, 0.2) is 29.1 Å². The standard InChI is InChI=1S/C15H17BrN4O/c16-14-2-1-11-7-17-13(9-20(11)14)15(21)18-12-8-19-5-3-10(12)4-6-19/h1-2,7,9-10,12H,3-6,8H2,(H,18,21). The van der Waals surface area contributed by atoms with Crippen LogP contribution in [0, 0.1) is 5.92 Å². The maximum Gasteiger partial charge on any atom is 0.271 e. The first-order valence-electron chi connectivity index (χ1n) is 7.36. The number of hydrogen-bond acceptors (Lipinski definition) is 3. The first-order chi connectivity index (χ1) is 10.2. The van der Waals surface area contributed by atoms with Crippen molar-refractivity contribution in [2.24, 2.45) is 5.92 Å². The topological polar surface area (TPSA) is 49.6 Å². The molecule has 2 bridgehead atoms. The van der Waals surface area contributed by atoms with Crippen LogP contribution in [-0.2, 0) is 0 Å². The van der Waals surface area contributed by atoms with Crippen molar-refractivity contribution in [3.63, 3.8) is 0 Å². The molecule has 2 aromatic rings. The summed E-state index contributed by atoms with van der Waals surface area (Å²) in [4.78, 5) is 19.2. The lowest BCUT2D eigenvalue weighted by Gasteiger charge is -2.44. The highest BCUT2D eigenvalue weighted by molar-refractivity contribution is 9.10. The molecule has 1 unspecified atom stereocenters. The molecule has 0 saturated carbocycles. The number of hydrogen-bond donors (Lipinski definition) is 1. The molecule has 3 aliphatic heterocycles. The van der Waals surface area contributed by atoms with E-state index in [1.54, 1.807) is 12.4 Å². The van der Waals surface area contributed by atoms with E-state index in [0.29, 0.717) is 11.6 Å². The number of fused-ring (bicyclic) bond motifs is 4. The highest BCUT2D eigenvalue weighted by atomic mass is 79.9. The Morgan fingerprint density at radius 1 is 1.33 bits per heavy atom. The molecule has 0 radical (unpaired) electrons. The van der Waals surface area contributed by atoms with Gasteiger partial charge in [-0.1, -0.05) is 0 Å². The van der Waals surface area contributed by atoms with Crippen molar-refractivity contribution in [2.45, 2.75) is 18.9 Å². The molecule has 0 aromatic carbocycles. The van der Waals surface area contributed by atoms with Crippen molar-refractivity contribution < 1.29 is 4.79 Å². The SMILES string of the molecule is O=C(NC1CN2CCC1CC2)c1cn2c(Br)ccc2cn1. The lowest BCUT2D eigenvalue weighted by atomic mass is 9.84. The predicted molar refractivity (Wildman–Crippen MR) is 83.3 cm³/mol. The van der Waals surface area contributed by atoms with Crippen molar-refractivity contribution in [3.05, 3.63) is 34.8 Å². The van der Waals surface area contributed by atoms with E-state index in [2.05, 4.69) is 31.1 Å². The summed E-state index contributed by atoms with van der Waals surface area (Å²) >= 11 is 3.47. The van der Waals surface area contributed by atoms with Crippen LogP contribution < -0.4 is 5.32 Å². The smallest absolute Gasteiger partial charge is 0.271 e. The van der Waals surface area contributed by atoms with Crippen molar-refractivity contribution in [1.29, 1.82) is 0 Å². The lowest BCUT2D eigenvalue weighted by molar-refractivity contribution is 0.0617. The number of nitrogens with zero attached hydrogens (tertiary/aromatic N) is 3. The van der Waals surface area contributed by atoms with Crippen molar-refractivity contribution in [1.82, 2.24) is 19.6 Å². The summed E-state index contributed by atoms with van der Waals surface area (Å²) in [5.41, 5.74) is 1.44. The summed E-state index contributed by atoms with van der Waals surface area (Å²) in [6, 6.07) is 4.18. The average molecular weight is 349 g/mol. The van der Waals surface area contributed by atoms with Gasteiger partial charge in [0.25, 0.3) is 5.91 Å². The monoisotopic (exact) mass is 348 g/mol. The van der Waals surface area contributed by atoms with Crippen LogP contribution in [0.5, 0.6) is 0 Å². The van der Waals surface area contributed by atoms with E-state index in [1.165, 1.54) is 25.9 Å². The Morgan fingerprint density at radius 2 is 2.14 bits per heavy atom. The summed E-state index contributed by atoms with van der Waals surface area (Å²) in [7, 11) is 0. The number of aromatic nitrogens is 2. The fourth-order valence-corrected chi connectivity index (χ4v) is 3.90. The first kappa shape index (κ1) is 13.3. The van der Waals surface area contributed by atoms with E-state index < -0.39 is 0 Å². The molecule has 2 aromatic heterocycles. The Bertz CT molecular complexity index is 690. The third-order valence-electron chi connectivity index (χ3n) is 4.69. The van der Waals surface area contributed by atoms with Gasteiger partial charge in [-0.3, -0.25) is 4.79 Å². The van der Waals surface area contributed by atoms with Crippen molar-refractivity contribution in [3.8, 4) is 0 Å². The Labute approximate surface area is 131 Å². The second-order valence-electron chi connectivity index (χ2n) is 5.94. The van der Waals surface area contributed by atoms with Gasteiger partial charge in [-0.05, 0) is 59.9 Å². The number of halogens is 1. The summed E-state index contributed by atoms with van der Waals surface area (Å²) in [6.45, 7) is 3.33. The predicted octanol–water partition coefficient (Wildman–Crippen LogP) is 1.92. The third-order valence-corrected chi connectivity index (χ3v) is 5.34. The van der Waals surface area contributed by atoms with E-state index in [0.717, 1.165) is 16.7 Å². The molecule has 1 N–H and O–H groups in total. The summed E-state index contributed by atoms with van der Waals surface area (Å²) < 4.78 is 2.86. The third kappa shape index (κ3) is 2.36. The molecule has 3 fully saturated rings. The molecule has 1 atom stereocenters. The number of amides is 1. The molecule has 110 valence electrons. The molecule has 5 heterocycles. The first-order valence-corrected chi connectivity index (χ1v) is 8.16. The zero-order chi connectivity index (χ0) is 14.4. The Hall–Kier alpha value is -1.40. The van der Waals surface area contributed by atoms with Gasteiger partial charge in [0.2, 0.25) is 0 Å². The molecule has 5 nitrogen and oxygen atoms in total. The largest absolute Gasteiger partial charge is 0.346 e. The maximum absolute atomic E-state index is 12.4. The van der Waals surface area contributed by atoms with E-state index in [1.807, 2.05) is 16.5 Å². The highest BCUT2D eigenvalue weighted by Crippen LogP contribution is 2.27. The van der Waals surface area contributed by atoms with Gasteiger partial charge in [-0.15, -0.1) is 0 Å². The molecular formula is C15H17BrN4O. The van der Waals surface area contributed by atoms with Crippen molar-refractivity contribution in [2.75, 3.05) is 19.6 Å². The molecule has 0 aliphatic carbocycles. The molecule has 21 heavy (non-hydrogen) atoms. The molecule has 3 saturated heterocycles. The molecule has 5 rings (SSSR count). The summed E-state index contributed by atoms with van der Waals surface area (Å²) in [5, 5.41) is 3.17. The molecular weight excluding hydrogens is 332 g/mol. The fourth-order valence-electron chi connectivity index (χ4n) is 3.46. The van der Waals surface area contributed by atoms with Crippen molar-refractivity contribution >= 4 is 27.4 Å². The van der Waals surface area contributed by atoms with Gasteiger partial charge in [-0.2, -0.15) is 0 Å². The number of rotatable bonds is 2. The fraction of sp³-hybridized carbons (Fsp3) is 0.467. The Kier molecular flexibility index (Phi) is 3.23. The normalized spacial score (nSPS) is 28.0. The second kappa shape index (κ2) is 5.10. The van der Waals surface area contributed by atoms with Crippen LogP contribution in [0.2, 0.25) is 0 Å². The summed E-state index contributed by atoms with van der Waals surface area (Å²) in [6.07, 6.45) is 5.91. The second-order valence-corrected chi connectivity index (χ2v) is 6.75. The van der Waals surface area contributed by atoms with Gasteiger partial charge >= 0.3 is 0 Å². The van der Waals surface area contributed by atoms with Crippen LogP contribution in [0.4, 0.5) is 0 Å². The number of carbonyl (C=O) groups excluding carboxylic acids is 1. The number of carbonyl (C=O) groups is 1. The van der Waals surface area contributed by atoms with Crippen LogP contribution in [0.3, 0.4) is 0 Å². The van der Waals surface area contributed by atoms with E-state index in [-0.39, 0.29) is 11.9 Å². The van der Waals surface area contributed by atoms with Crippen LogP contribution in [0.1, 0.15) is 23.3 Å².